The van der Waals surface area contributed by atoms with Crippen molar-refractivity contribution in [1.82, 2.24) is 4.98 Å². The van der Waals surface area contributed by atoms with E-state index in [9.17, 15) is 18.3 Å². The highest BCUT2D eigenvalue weighted by atomic mass is 32.2. The Hall–Kier alpha value is -2.71. The molecule has 3 heterocycles. The summed E-state index contributed by atoms with van der Waals surface area (Å²) >= 11 is 0. The molecule has 0 unspecified atom stereocenters. The van der Waals surface area contributed by atoms with Gasteiger partial charge >= 0.3 is 5.97 Å². The Labute approximate surface area is 161 Å². The molecule has 1 aromatic carbocycles. The van der Waals surface area contributed by atoms with Gasteiger partial charge in [-0.2, -0.15) is 0 Å². The van der Waals surface area contributed by atoms with Gasteiger partial charge in [0.15, 0.2) is 9.84 Å². The summed E-state index contributed by atoms with van der Waals surface area (Å²) in [6.45, 7) is 0.496. The first-order valence-electron chi connectivity index (χ1n) is 8.88. The van der Waals surface area contributed by atoms with Crippen LogP contribution in [0.4, 0.5) is 0 Å². The molecule has 0 saturated carbocycles. The zero-order chi connectivity index (χ0) is 19.8. The molecular formula is C20H19NO6S. The number of ether oxygens (including phenoxy) is 1. The van der Waals surface area contributed by atoms with Crippen LogP contribution in [0, 0.1) is 5.41 Å². The number of rotatable bonds is 5. The van der Waals surface area contributed by atoms with Crippen LogP contribution in [0.5, 0.6) is 0 Å². The molecule has 1 aliphatic heterocycles. The molecule has 0 bridgehead atoms. The smallest absolute Gasteiger partial charge is 0.310 e. The van der Waals surface area contributed by atoms with E-state index in [-0.39, 0.29) is 31.0 Å². The summed E-state index contributed by atoms with van der Waals surface area (Å²) < 4.78 is 37.0. The second-order valence-electron chi connectivity index (χ2n) is 7.00. The van der Waals surface area contributed by atoms with E-state index in [1.807, 2.05) is 0 Å². The van der Waals surface area contributed by atoms with Crippen molar-refractivity contribution in [2.75, 3.05) is 19.0 Å². The van der Waals surface area contributed by atoms with Crippen LogP contribution >= 0.6 is 0 Å². The van der Waals surface area contributed by atoms with E-state index < -0.39 is 27.0 Å². The van der Waals surface area contributed by atoms with E-state index >= 15 is 0 Å². The summed E-state index contributed by atoms with van der Waals surface area (Å²) in [4.78, 5) is 15.9. The monoisotopic (exact) mass is 401 g/mol. The molecule has 0 atom stereocenters. The maximum absolute atomic E-state index is 13.0. The fourth-order valence-electron chi connectivity index (χ4n) is 3.50. The average molecular weight is 401 g/mol. The highest BCUT2D eigenvalue weighted by molar-refractivity contribution is 7.91. The van der Waals surface area contributed by atoms with Gasteiger partial charge in [-0.3, -0.25) is 9.78 Å². The first-order chi connectivity index (χ1) is 13.4. The van der Waals surface area contributed by atoms with Gasteiger partial charge in [0.2, 0.25) is 0 Å². The maximum atomic E-state index is 13.0. The summed E-state index contributed by atoms with van der Waals surface area (Å²) in [5.41, 5.74) is 0.0809. The van der Waals surface area contributed by atoms with Crippen molar-refractivity contribution in [2.24, 2.45) is 5.41 Å². The van der Waals surface area contributed by atoms with Crippen LogP contribution in [0.1, 0.15) is 12.8 Å². The van der Waals surface area contributed by atoms with Gasteiger partial charge in [-0.05, 0) is 49.2 Å². The zero-order valence-corrected chi connectivity index (χ0v) is 15.8. The Balaban J connectivity index is 1.68. The summed E-state index contributed by atoms with van der Waals surface area (Å²) in [5.74, 6) is -0.929. The predicted octanol–water partition coefficient (Wildman–Crippen LogP) is 3.15. The molecular weight excluding hydrogens is 382 g/mol. The molecule has 146 valence electrons. The van der Waals surface area contributed by atoms with Crippen LogP contribution in [0.15, 0.2) is 58.1 Å². The van der Waals surface area contributed by atoms with Crippen molar-refractivity contribution in [2.45, 2.75) is 17.7 Å². The minimum Gasteiger partial charge on any atom is -0.481 e. The molecule has 0 radical (unpaired) electrons. The lowest BCUT2D eigenvalue weighted by Crippen LogP contribution is -2.42. The van der Waals surface area contributed by atoms with Crippen molar-refractivity contribution in [3.05, 3.63) is 48.8 Å². The molecule has 3 aromatic rings. The van der Waals surface area contributed by atoms with E-state index in [4.69, 9.17) is 9.15 Å². The Bertz CT molecular complexity index is 1110. The summed E-state index contributed by atoms with van der Waals surface area (Å²) in [7, 11) is -3.80. The number of sulfone groups is 1. The molecule has 1 fully saturated rings. The number of carbonyl (C=O) groups is 1. The van der Waals surface area contributed by atoms with Gasteiger partial charge in [0.05, 0.1) is 16.1 Å². The van der Waals surface area contributed by atoms with E-state index in [2.05, 4.69) is 4.98 Å². The van der Waals surface area contributed by atoms with E-state index in [0.717, 1.165) is 5.56 Å². The SMILES string of the molecule is O=C(O)C1(CS(=O)(=O)c2ccc3oc(-c4ccncc4)cc3c2)CCOCC1. The number of benzene rings is 1. The second kappa shape index (κ2) is 7.03. The molecule has 0 spiro atoms. The summed E-state index contributed by atoms with van der Waals surface area (Å²) in [5, 5.41) is 10.3. The lowest BCUT2D eigenvalue weighted by atomic mass is 9.82. The van der Waals surface area contributed by atoms with Gasteiger partial charge in [0.25, 0.3) is 0 Å². The van der Waals surface area contributed by atoms with E-state index in [0.29, 0.717) is 16.7 Å². The summed E-state index contributed by atoms with van der Waals surface area (Å²) in [6, 6.07) is 9.98. The normalized spacial score (nSPS) is 16.9. The third-order valence-corrected chi connectivity index (χ3v) is 7.09. The van der Waals surface area contributed by atoms with Crippen molar-refractivity contribution in [3.63, 3.8) is 0 Å². The van der Waals surface area contributed by atoms with Crippen LogP contribution in [-0.4, -0.2) is 43.4 Å². The van der Waals surface area contributed by atoms with Crippen molar-refractivity contribution < 1.29 is 27.5 Å². The Kier molecular flexibility index (Phi) is 4.68. The van der Waals surface area contributed by atoms with Crippen molar-refractivity contribution in [1.29, 1.82) is 0 Å². The highest BCUT2D eigenvalue weighted by Crippen LogP contribution is 2.35. The van der Waals surface area contributed by atoms with Gasteiger partial charge in [-0.1, -0.05) is 0 Å². The number of aromatic nitrogens is 1. The number of fused-ring (bicyclic) bond motifs is 1. The van der Waals surface area contributed by atoms with Crippen LogP contribution < -0.4 is 0 Å². The van der Waals surface area contributed by atoms with Gasteiger partial charge in [0, 0.05) is 36.6 Å². The number of nitrogens with zero attached hydrogens (tertiary/aromatic N) is 1. The lowest BCUT2D eigenvalue weighted by molar-refractivity contribution is -0.152. The van der Waals surface area contributed by atoms with Gasteiger partial charge in [-0.15, -0.1) is 0 Å². The van der Waals surface area contributed by atoms with E-state index in [1.165, 1.54) is 12.1 Å². The van der Waals surface area contributed by atoms with Crippen molar-refractivity contribution >= 4 is 26.8 Å². The Morgan fingerprint density at radius 2 is 1.82 bits per heavy atom. The molecule has 4 rings (SSSR count). The number of carboxylic acids is 1. The minimum atomic E-state index is -3.80. The first kappa shape index (κ1) is 18.6. The largest absolute Gasteiger partial charge is 0.481 e. The predicted molar refractivity (Wildman–Crippen MR) is 102 cm³/mol. The number of furan rings is 1. The quantitative estimate of drug-likeness (QED) is 0.700. The number of pyridine rings is 1. The molecule has 7 nitrogen and oxygen atoms in total. The van der Waals surface area contributed by atoms with Crippen LogP contribution in [0.3, 0.4) is 0 Å². The molecule has 0 aliphatic carbocycles. The average Bonchev–Trinajstić information content (AvgIpc) is 3.12. The maximum Gasteiger partial charge on any atom is 0.310 e. The van der Waals surface area contributed by atoms with E-state index in [1.54, 1.807) is 36.7 Å². The minimum absolute atomic E-state index is 0.0918. The van der Waals surface area contributed by atoms with Crippen molar-refractivity contribution in [3.8, 4) is 11.3 Å². The van der Waals surface area contributed by atoms with Gasteiger partial charge in [-0.25, -0.2) is 8.42 Å². The molecule has 8 heteroatoms. The third kappa shape index (κ3) is 3.41. The van der Waals surface area contributed by atoms with Crippen LogP contribution in [0.25, 0.3) is 22.3 Å². The number of aliphatic carboxylic acids is 1. The fraction of sp³-hybridized carbons (Fsp3) is 0.300. The molecule has 0 amide bonds. The summed E-state index contributed by atoms with van der Waals surface area (Å²) in [6.07, 6.45) is 3.67. The standard InChI is InChI=1S/C20H19NO6S/c22-19(23)20(5-9-26-10-6-20)13-28(24,25)16-1-2-17-15(11-16)12-18(27-17)14-3-7-21-8-4-14/h1-4,7-8,11-12H,5-6,9-10,13H2,(H,22,23). The fourth-order valence-corrected chi connectivity index (χ4v) is 5.39. The molecule has 1 N–H and O–H groups in total. The highest BCUT2D eigenvalue weighted by Gasteiger charge is 2.44. The van der Waals surface area contributed by atoms with Crippen LogP contribution in [0.2, 0.25) is 0 Å². The lowest BCUT2D eigenvalue weighted by Gasteiger charge is -2.32. The molecule has 2 aromatic heterocycles. The third-order valence-electron chi connectivity index (χ3n) is 5.18. The van der Waals surface area contributed by atoms with Gasteiger partial charge in [0.1, 0.15) is 11.3 Å². The molecule has 1 aliphatic rings. The van der Waals surface area contributed by atoms with Gasteiger partial charge < -0.3 is 14.3 Å². The van der Waals surface area contributed by atoms with Crippen LogP contribution in [-0.2, 0) is 19.4 Å². The number of carboxylic acid groups (broad SMARTS) is 1. The Morgan fingerprint density at radius 3 is 2.50 bits per heavy atom. The Morgan fingerprint density at radius 1 is 1.11 bits per heavy atom. The zero-order valence-electron chi connectivity index (χ0n) is 15.0. The second-order valence-corrected chi connectivity index (χ2v) is 8.99. The number of hydrogen-bond donors (Lipinski definition) is 1. The first-order valence-corrected chi connectivity index (χ1v) is 10.5. The molecule has 1 saturated heterocycles. The molecule has 28 heavy (non-hydrogen) atoms. The topological polar surface area (TPSA) is 107 Å². The number of hydrogen-bond acceptors (Lipinski definition) is 6.